The molecular formula is C22H21N3O4S. The van der Waals surface area contributed by atoms with Gasteiger partial charge >= 0.3 is 0 Å². The third-order valence-corrected chi connectivity index (χ3v) is 5.53. The largest absolute Gasteiger partial charge is 0.497 e. The van der Waals surface area contributed by atoms with Crippen LogP contribution in [-0.4, -0.2) is 36.6 Å². The summed E-state index contributed by atoms with van der Waals surface area (Å²) in [6, 6.07) is 14.9. The first kappa shape index (κ1) is 19.9. The first-order chi connectivity index (χ1) is 14.5. The maximum atomic E-state index is 12.5. The van der Waals surface area contributed by atoms with E-state index in [1.54, 1.807) is 18.9 Å². The van der Waals surface area contributed by atoms with Gasteiger partial charge in [-0.25, -0.2) is 4.98 Å². The molecule has 0 radical (unpaired) electrons. The van der Waals surface area contributed by atoms with Gasteiger partial charge in [0.1, 0.15) is 11.5 Å². The molecule has 0 bridgehead atoms. The Morgan fingerprint density at radius 1 is 1.23 bits per heavy atom. The van der Waals surface area contributed by atoms with Crippen molar-refractivity contribution in [1.82, 2.24) is 4.98 Å². The molecule has 0 saturated heterocycles. The molecule has 1 atom stereocenters. The molecule has 0 saturated carbocycles. The van der Waals surface area contributed by atoms with Crippen LogP contribution in [0, 0.1) is 0 Å². The second-order valence-corrected chi connectivity index (χ2v) is 7.64. The minimum absolute atomic E-state index is 0.155. The van der Waals surface area contributed by atoms with Crippen molar-refractivity contribution in [3.8, 4) is 22.8 Å². The maximum Gasteiger partial charge on any atom is 0.267 e. The van der Waals surface area contributed by atoms with E-state index in [0.717, 1.165) is 17.0 Å². The number of hydrogen-bond acceptors (Lipinski definition) is 6. The van der Waals surface area contributed by atoms with Crippen LogP contribution in [0.25, 0.3) is 11.3 Å². The van der Waals surface area contributed by atoms with Crippen molar-refractivity contribution in [1.29, 1.82) is 0 Å². The molecule has 8 heteroatoms. The Kier molecular flexibility index (Phi) is 5.67. The molecule has 1 N–H and O–H groups in total. The maximum absolute atomic E-state index is 12.5. The quantitative estimate of drug-likeness (QED) is 0.649. The zero-order valence-corrected chi connectivity index (χ0v) is 17.4. The second-order valence-electron chi connectivity index (χ2n) is 6.78. The normalized spacial score (nSPS) is 15.3. The van der Waals surface area contributed by atoms with Crippen LogP contribution in [0.3, 0.4) is 0 Å². The third-order valence-electron chi connectivity index (χ3n) is 4.77. The lowest BCUT2D eigenvalue weighted by Crippen LogP contribution is -2.45. The van der Waals surface area contributed by atoms with Gasteiger partial charge in [0.15, 0.2) is 11.2 Å². The second kappa shape index (κ2) is 8.54. The Bertz CT molecular complexity index is 1060. The van der Waals surface area contributed by atoms with Crippen molar-refractivity contribution in [3.05, 3.63) is 53.9 Å². The van der Waals surface area contributed by atoms with E-state index < -0.39 is 6.10 Å². The molecule has 2 amide bonds. The number of hydrogen-bond donors (Lipinski definition) is 1. The summed E-state index contributed by atoms with van der Waals surface area (Å²) in [6.45, 7) is 1.98. The van der Waals surface area contributed by atoms with Gasteiger partial charge in [-0.05, 0) is 43.3 Å². The number of rotatable bonds is 6. The van der Waals surface area contributed by atoms with Crippen LogP contribution in [0.15, 0.2) is 53.9 Å². The van der Waals surface area contributed by atoms with E-state index in [1.807, 2.05) is 53.9 Å². The summed E-state index contributed by atoms with van der Waals surface area (Å²) in [6.07, 6.45) is -0.418. The molecule has 7 nitrogen and oxygen atoms in total. The highest BCUT2D eigenvalue weighted by Gasteiger charge is 2.31. The predicted molar refractivity (Wildman–Crippen MR) is 116 cm³/mol. The number of carbonyl (C=O) groups is 2. The predicted octanol–water partition coefficient (Wildman–Crippen LogP) is 3.96. The number of amides is 2. The van der Waals surface area contributed by atoms with E-state index in [2.05, 4.69) is 10.3 Å². The van der Waals surface area contributed by atoms with E-state index in [-0.39, 0.29) is 24.8 Å². The molecule has 0 spiro atoms. The van der Waals surface area contributed by atoms with Crippen LogP contribution >= 0.6 is 11.3 Å². The summed E-state index contributed by atoms with van der Waals surface area (Å²) in [4.78, 5) is 31.1. The van der Waals surface area contributed by atoms with Crippen molar-refractivity contribution >= 4 is 34.0 Å². The highest BCUT2D eigenvalue weighted by atomic mass is 32.1. The molecule has 1 aliphatic heterocycles. The molecular weight excluding hydrogens is 402 g/mol. The van der Waals surface area contributed by atoms with Crippen LogP contribution in [0.5, 0.6) is 11.5 Å². The van der Waals surface area contributed by atoms with Crippen LogP contribution in [-0.2, 0) is 9.59 Å². The molecule has 154 valence electrons. The van der Waals surface area contributed by atoms with Gasteiger partial charge in [0.25, 0.3) is 5.91 Å². The Morgan fingerprint density at radius 3 is 2.77 bits per heavy atom. The number of thiazole rings is 1. The number of fused-ring (bicyclic) bond motifs is 1. The highest BCUT2D eigenvalue weighted by Crippen LogP contribution is 2.33. The molecule has 0 aliphatic carbocycles. The fourth-order valence-corrected chi connectivity index (χ4v) is 3.95. The summed E-state index contributed by atoms with van der Waals surface area (Å²) >= 11 is 1.36. The number of ether oxygens (including phenoxy) is 2. The van der Waals surface area contributed by atoms with Crippen LogP contribution < -0.4 is 19.7 Å². The van der Waals surface area contributed by atoms with Crippen LogP contribution in [0.4, 0.5) is 10.8 Å². The third kappa shape index (κ3) is 4.13. The first-order valence-electron chi connectivity index (χ1n) is 9.52. The van der Waals surface area contributed by atoms with E-state index >= 15 is 0 Å². The van der Waals surface area contributed by atoms with Crippen molar-refractivity contribution in [3.63, 3.8) is 0 Å². The molecule has 1 aliphatic rings. The van der Waals surface area contributed by atoms with Gasteiger partial charge < -0.3 is 19.7 Å². The summed E-state index contributed by atoms with van der Waals surface area (Å²) in [5, 5.41) is 5.23. The molecule has 4 rings (SSSR count). The monoisotopic (exact) mass is 423 g/mol. The zero-order valence-electron chi connectivity index (χ0n) is 16.6. The van der Waals surface area contributed by atoms with Crippen LogP contribution in [0.1, 0.15) is 13.3 Å². The first-order valence-corrected chi connectivity index (χ1v) is 10.4. The van der Waals surface area contributed by atoms with Gasteiger partial charge in [-0.15, -0.1) is 11.3 Å². The number of benzene rings is 2. The molecule has 3 aromatic rings. The van der Waals surface area contributed by atoms with Gasteiger partial charge in [0.2, 0.25) is 5.91 Å². The lowest BCUT2D eigenvalue weighted by molar-refractivity contribution is -0.125. The fraction of sp³-hybridized carbons (Fsp3) is 0.227. The number of carbonyl (C=O) groups excluding carboxylic acids is 2. The topological polar surface area (TPSA) is 80.8 Å². The highest BCUT2D eigenvalue weighted by molar-refractivity contribution is 7.14. The van der Waals surface area contributed by atoms with Crippen molar-refractivity contribution in [2.24, 2.45) is 0 Å². The summed E-state index contributed by atoms with van der Waals surface area (Å²) in [7, 11) is 1.62. The van der Waals surface area contributed by atoms with Gasteiger partial charge in [0.05, 0.1) is 18.5 Å². The molecule has 0 fully saturated rings. The summed E-state index contributed by atoms with van der Waals surface area (Å²) in [5.41, 5.74) is 2.41. The van der Waals surface area contributed by atoms with Crippen molar-refractivity contribution < 1.29 is 19.1 Å². The molecule has 30 heavy (non-hydrogen) atoms. The smallest absolute Gasteiger partial charge is 0.267 e. The summed E-state index contributed by atoms with van der Waals surface area (Å²) in [5.74, 6) is 1.07. The van der Waals surface area contributed by atoms with E-state index in [4.69, 9.17) is 9.47 Å². The lowest BCUT2D eigenvalue weighted by Gasteiger charge is -2.32. The SMILES string of the molecule is COc1ccc(-c2csc(NC(=O)CCN3C(=O)[C@H](C)Oc4ccccc43)n2)cc1. The Hall–Kier alpha value is -3.39. The number of para-hydroxylation sites is 2. The standard InChI is InChI=1S/C22H21N3O4S/c1-14-21(27)25(18-5-3-4-6-19(18)29-14)12-11-20(26)24-22-23-17(13-30-22)15-7-9-16(28-2)10-8-15/h3-10,13-14H,11-12H2,1-2H3,(H,23,24,26)/t14-/m0/s1. The van der Waals surface area contributed by atoms with Crippen LogP contribution in [0.2, 0.25) is 0 Å². The number of anilines is 2. The number of aromatic nitrogens is 1. The van der Waals surface area contributed by atoms with E-state index in [1.165, 1.54) is 11.3 Å². The van der Waals surface area contributed by atoms with E-state index in [0.29, 0.717) is 16.6 Å². The van der Waals surface area contributed by atoms with Gasteiger partial charge in [-0.1, -0.05) is 12.1 Å². The lowest BCUT2D eigenvalue weighted by atomic mass is 10.1. The zero-order chi connectivity index (χ0) is 21.1. The van der Waals surface area contributed by atoms with Gasteiger partial charge in [-0.3, -0.25) is 9.59 Å². The Morgan fingerprint density at radius 2 is 2.00 bits per heavy atom. The minimum atomic E-state index is -0.575. The Balaban J connectivity index is 1.38. The molecule has 1 aromatic heterocycles. The average molecular weight is 423 g/mol. The Labute approximate surface area is 178 Å². The molecule has 0 unspecified atom stereocenters. The fourth-order valence-electron chi connectivity index (χ4n) is 3.21. The minimum Gasteiger partial charge on any atom is -0.497 e. The average Bonchev–Trinajstić information content (AvgIpc) is 3.22. The van der Waals surface area contributed by atoms with Crippen molar-refractivity contribution in [2.45, 2.75) is 19.4 Å². The number of nitrogens with one attached hydrogen (secondary N) is 1. The number of nitrogens with zero attached hydrogens (tertiary/aromatic N) is 2. The van der Waals surface area contributed by atoms with Gasteiger partial charge in [-0.2, -0.15) is 0 Å². The van der Waals surface area contributed by atoms with Crippen molar-refractivity contribution in [2.75, 3.05) is 23.9 Å². The van der Waals surface area contributed by atoms with Gasteiger partial charge in [0, 0.05) is 23.9 Å². The number of methoxy groups -OCH3 is 1. The summed E-state index contributed by atoms with van der Waals surface area (Å²) < 4.78 is 10.8. The molecule has 2 heterocycles. The molecule has 2 aromatic carbocycles. The van der Waals surface area contributed by atoms with E-state index in [9.17, 15) is 9.59 Å².